The highest BCUT2D eigenvalue weighted by atomic mass is 16.5. The van der Waals surface area contributed by atoms with Crippen molar-refractivity contribution in [3.05, 3.63) is 64.7 Å². The number of amides is 4. The van der Waals surface area contributed by atoms with Crippen LogP contribution in [0.25, 0.3) is 0 Å². The van der Waals surface area contributed by atoms with Crippen molar-refractivity contribution in [2.45, 2.75) is 37.4 Å². The molecule has 0 saturated carbocycles. The fourth-order valence-electron chi connectivity index (χ4n) is 5.13. The van der Waals surface area contributed by atoms with Crippen molar-refractivity contribution >= 4 is 39.3 Å². The van der Waals surface area contributed by atoms with Gasteiger partial charge in [0.2, 0.25) is 17.7 Å². The molecule has 11 heteroatoms. The average Bonchev–Trinajstić information content (AvgIpc) is 3.20. The number of imide groups is 1. The topological polar surface area (TPSA) is 105 Å². The van der Waals surface area contributed by atoms with Gasteiger partial charge in [0.05, 0.1) is 13.2 Å². The fourth-order valence-corrected chi connectivity index (χ4v) is 5.13. The van der Waals surface area contributed by atoms with Gasteiger partial charge in [-0.1, -0.05) is 30.3 Å². The molecule has 5 rings (SSSR count). The number of nitrogens with one attached hydrogen (secondary N) is 1. The molecule has 0 bridgehead atoms. The van der Waals surface area contributed by atoms with Crippen LogP contribution in [0.5, 0.6) is 5.75 Å². The molecule has 2 aromatic carbocycles. The summed E-state index contributed by atoms with van der Waals surface area (Å²) in [6, 6.07) is 12.6. The van der Waals surface area contributed by atoms with E-state index in [9.17, 15) is 19.2 Å². The van der Waals surface area contributed by atoms with Crippen LogP contribution in [0.1, 0.15) is 39.9 Å². The monoisotopic (exact) mass is 487 g/mol. The van der Waals surface area contributed by atoms with E-state index in [-0.39, 0.29) is 37.3 Å². The van der Waals surface area contributed by atoms with Crippen LogP contribution < -0.4 is 10.1 Å². The zero-order chi connectivity index (χ0) is 25.4. The Morgan fingerprint density at radius 3 is 2.58 bits per heavy atom. The number of nitrogens with zero attached hydrogens (tertiary/aromatic N) is 2. The first-order valence-corrected chi connectivity index (χ1v) is 12.1. The predicted octanol–water partition coefficient (Wildman–Crippen LogP) is -0.738. The van der Waals surface area contributed by atoms with Gasteiger partial charge in [-0.05, 0) is 29.7 Å². The number of ether oxygens (including phenoxy) is 2. The summed E-state index contributed by atoms with van der Waals surface area (Å²) in [5.74, 6) is -0.391. The lowest BCUT2D eigenvalue weighted by Gasteiger charge is -2.42. The largest absolute Gasteiger partial charge is 0.489 e. The van der Waals surface area contributed by atoms with Crippen molar-refractivity contribution in [2.24, 2.45) is 0 Å². The van der Waals surface area contributed by atoms with Crippen LogP contribution in [0.15, 0.2) is 42.5 Å². The molecule has 0 aliphatic carbocycles. The normalized spacial score (nSPS) is 20.4. The van der Waals surface area contributed by atoms with Crippen LogP contribution >= 0.6 is 0 Å². The molecular formula is C25H27B2N3O6. The summed E-state index contributed by atoms with van der Waals surface area (Å²) in [6.45, 7) is 1.77. The van der Waals surface area contributed by atoms with Gasteiger partial charge in [-0.2, -0.15) is 0 Å². The van der Waals surface area contributed by atoms with Crippen molar-refractivity contribution in [1.29, 1.82) is 0 Å². The third kappa shape index (κ3) is 4.39. The van der Waals surface area contributed by atoms with Crippen molar-refractivity contribution < 1.29 is 28.7 Å². The second-order valence-electron chi connectivity index (χ2n) is 9.82. The Labute approximate surface area is 210 Å². The van der Waals surface area contributed by atoms with Crippen LogP contribution in [-0.2, 0) is 37.6 Å². The third-order valence-electron chi connectivity index (χ3n) is 7.25. The molecule has 0 spiro atoms. The number of morpholine rings is 1. The molecule has 2 saturated heterocycles. The van der Waals surface area contributed by atoms with E-state index < -0.39 is 17.3 Å². The van der Waals surface area contributed by atoms with Gasteiger partial charge in [0.1, 0.15) is 40.7 Å². The molecule has 36 heavy (non-hydrogen) atoms. The number of fused-ring (bicyclic) bond motifs is 1. The molecule has 184 valence electrons. The van der Waals surface area contributed by atoms with Gasteiger partial charge >= 0.3 is 0 Å². The van der Waals surface area contributed by atoms with E-state index in [1.165, 1.54) is 4.90 Å². The number of hydrogen-bond acceptors (Lipinski definition) is 6. The first-order valence-electron chi connectivity index (χ1n) is 12.1. The molecule has 3 aliphatic heterocycles. The highest BCUT2D eigenvalue weighted by Crippen LogP contribution is 2.34. The van der Waals surface area contributed by atoms with E-state index >= 15 is 0 Å². The van der Waals surface area contributed by atoms with E-state index in [4.69, 9.17) is 9.47 Å². The van der Waals surface area contributed by atoms with E-state index in [0.29, 0.717) is 37.5 Å². The van der Waals surface area contributed by atoms with Gasteiger partial charge in [0, 0.05) is 29.4 Å². The van der Waals surface area contributed by atoms with Gasteiger partial charge < -0.3 is 19.3 Å². The van der Waals surface area contributed by atoms with E-state index in [1.54, 1.807) is 12.1 Å². The first-order chi connectivity index (χ1) is 17.3. The summed E-state index contributed by atoms with van der Waals surface area (Å²) in [5.41, 5.74) is 3.24. The Morgan fingerprint density at radius 1 is 1.08 bits per heavy atom. The van der Waals surface area contributed by atoms with Crippen molar-refractivity contribution in [3.8, 4) is 5.75 Å². The summed E-state index contributed by atoms with van der Waals surface area (Å²) >= 11 is 0. The Morgan fingerprint density at radius 2 is 1.86 bits per heavy atom. The molecule has 9 nitrogen and oxygen atoms in total. The molecule has 3 heterocycles. The Hall–Kier alpha value is -3.59. The molecule has 1 unspecified atom stereocenters. The van der Waals surface area contributed by atoms with E-state index in [0.717, 1.165) is 16.7 Å². The number of carbonyl (C=O) groups is 4. The number of carbonyl (C=O) groups excluding carboxylic acids is 4. The molecule has 3 aliphatic rings. The van der Waals surface area contributed by atoms with Crippen molar-refractivity contribution in [1.82, 2.24) is 15.1 Å². The minimum atomic E-state index is -0.662. The quantitative estimate of drug-likeness (QED) is 0.426. The van der Waals surface area contributed by atoms with Gasteiger partial charge in [-0.15, -0.1) is 0 Å². The second kappa shape index (κ2) is 9.46. The summed E-state index contributed by atoms with van der Waals surface area (Å²) in [6.07, 6.45) is 0.533. The van der Waals surface area contributed by atoms with Crippen molar-refractivity contribution in [3.63, 3.8) is 0 Å². The number of rotatable bonds is 6. The molecule has 0 radical (unpaired) electrons. The molecular weight excluding hydrogens is 460 g/mol. The molecule has 1 N–H and O–H groups in total. The number of hydrogen-bond donors (Lipinski definition) is 1. The highest BCUT2D eigenvalue weighted by Gasteiger charge is 2.40. The third-order valence-corrected chi connectivity index (χ3v) is 7.25. The Bertz CT molecular complexity index is 1230. The maximum Gasteiger partial charge on any atom is 0.255 e. The van der Waals surface area contributed by atoms with E-state index in [1.807, 2.05) is 50.9 Å². The highest BCUT2D eigenvalue weighted by molar-refractivity contribution is 6.40. The maximum absolute atomic E-state index is 13.0. The minimum Gasteiger partial charge on any atom is -0.489 e. The van der Waals surface area contributed by atoms with Gasteiger partial charge in [0.25, 0.3) is 5.91 Å². The molecule has 1 atom stereocenters. The van der Waals surface area contributed by atoms with Gasteiger partial charge in [-0.3, -0.25) is 24.5 Å². The van der Waals surface area contributed by atoms with Crippen LogP contribution in [0.2, 0.25) is 0 Å². The summed E-state index contributed by atoms with van der Waals surface area (Å²) in [4.78, 5) is 52.5. The van der Waals surface area contributed by atoms with E-state index in [2.05, 4.69) is 5.32 Å². The lowest BCUT2D eigenvalue weighted by atomic mass is 9.56. The predicted molar refractivity (Wildman–Crippen MR) is 135 cm³/mol. The van der Waals surface area contributed by atoms with Crippen molar-refractivity contribution in [2.75, 3.05) is 19.8 Å². The summed E-state index contributed by atoms with van der Waals surface area (Å²) < 4.78 is 11.4. The van der Waals surface area contributed by atoms with Crippen LogP contribution in [0.4, 0.5) is 0 Å². The zero-order valence-electron chi connectivity index (χ0n) is 20.4. The average molecular weight is 487 g/mol. The second-order valence-corrected chi connectivity index (χ2v) is 9.82. The fraction of sp³-hybridized carbons (Fsp3) is 0.360. The molecule has 2 aromatic rings. The maximum atomic E-state index is 13.0. The number of piperidine rings is 1. The van der Waals surface area contributed by atoms with Gasteiger partial charge in [-0.25, -0.2) is 0 Å². The lowest BCUT2D eigenvalue weighted by molar-refractivity contribution is -0.145. The zero-order valence-corrected chi connectivity index (χ0v) is 20.4. The standard InChI is InChI=1S/C25H27B2N3O6/c26-25(27,30-10-11-35-14-22(30)32)16-6-4-15(5-7-16)13-36-20-3-1-2-17-18(20)12-29(24(17)34)19-8-9-21(31)28-23(19)33/h1-7,19H,8-14,26-27H2,(H,28,31,33). The molecule has 2 fully saturated rings. The lowest BCUT2D eigenvalue weighted by Crippen LogP contribution is -2.55. The van der Waals surface area contributed by atoms with Crippen LogP contribution in [-0.4, -0.2) is 74.9 Å². The minimum absolute atomic E-state index is 0.0162. The Balaban J connectivity index is 1.27. The first kappa shape index (κ1) is 24.1. The summed E-state index contributed by atoms with van der Waals surface area (Å²) in [7, 11) is 4.06. The SMILES string of the molecule is BC(B)(c1ccc(COc2cccc3c2CN(C2CCC(=O)NC2=O)C3=O)cc1)N1CCOCC1=O. The molecule has 4 amide bonds. The summed E-state index contributed by atoms with van der Waals surface area (Å²) in [5, 5.41) is 1.86. The van der Waals surface area contributed by atoms with Gasteiger partial charge in [0.15, 0.2) is 0 Å². The van der Waals surface area contributed by atoms with Crippen LogP contribution in [0, 0.1) is 0 Å². The number of benzene rings is 2. The van der Waals surface area contributed by atoms with Crippen LogP contribution in [0.3, 0.4) is 0 Å². The molecule has 0 aromatic heterocycles. The Kier molecular flexibility index (Phi) is 6.34. The smallest absolute Gasteiger partial charge is 0.255 e.